The van der Waals surface area contributed by atoms with Gasteiger partial charge in [0.15, 0.2) is 0 Å². The minimum atomic E-state index is -0.318. The van der Waals surface area contributed by atoms with Crippen LogP contribution in [0.25, 0.3) is 0 Å². The highest BCUT2D eigenvalue weighted by Crippen LogP contribution is 2.23. The summed E-state index contributed by atoms with van der Waals surface area (Å²) >= 11 is 0. The molecule has 1 aromatic carbocycles. The van der Waals surface area contributed by atoms with Crippen LogP contribution in [-0.4, -0.2) is 24.2 Å². The van der Waals surface area contributed by atoms with Crippen LogP contribution in [0.15, 0.2) is 18.2 Å². The largest absolute Gasteiger partial charge is 0.378 e. The van der Waals surface area contributed by atoms with Gasteiger partial charge in [0.25, 0.3) is 5.69 Å². The lowest BCUT2D eigenvalue weighted by atomic mass is 10.0. The Bertz CT molecular complexity index is 484. The average Bonchev–Trinajstić information content (AvgIpc) is 2.48. The van der Waals surface area contributed by atoms with Gasteiger partial charge in [-0.2, -0.15) is 0 Å². The molecule has 5 nitrogen and oxygen atoms in total. The van der Waals surface area contributed by atoms with Crippen molar-refractivity contribution in [3.05, 3.63) is 39.4 Å². The predicted molar refractivity (Wildman–Crippen MR) is 82.5 cm³/mol. The summed E-state index contributed by atoms with van der Waals surface area (Å²) in [5, 5.41) is 14.4. The zero-order chi connectivity index (χ0) is 15.2. The Balaban J connectivity index is 1.86. The van der Waals surface area contributed by atoms with Crippen LogP contribution >= 0.6 is 0 Å². The summed E-state index contributed by atoms with van der Waals surface area (Å²) in [6.45, 7) is 5.55. The number of ether oxygens (including phenoxy) is 1. The lowest BCUT2D eigenvalue weighted by Gasteiger charge is -2.23. The minimum Gasteiger partial charge on any atom is -0.378 e. The Kier molecular flexibility index (Phi) is 5.70. The second kappa shape index (κ2) is 7.52. The Hall–Kier alpha value is -1.46. The first-order valence-corrected chi connectivity index (χ1v) is 7.68. The first kappa shape index (κ1) is 15.9. The van der Waals surface area contributed by atoms with Gasteiger partial charge in [0.2, 0.25) is 0 Å². The van der Waals surface area contributed by atoms with Crippen molar-refractivity contribution in [3.63, 3.8) is 0 Å². The van der Waals surface area contributed by atoms with Crippen LogP contribution in [0, 0.1) is 17.0 Å². The van der Waals surface area contributed by atoms with Crippen molar-refractivity contribution in [1.29, 1.82) is 0 Å². The Labute approximate surface area is 125 Å². The van der Waals surface area contributed by atoms with E-state index in [0.717, 1.165) is 31.6 Å². The van der Waals surface area contributed by atoms with Gasteiger partial charge in [0.05, 0.1) is 11.0 Å². The molecule has 1 aromatic rings. The van der Waals surface area contributed by atoms with E-state index in [1.54, 1.807) is 13.0 Å². The van der Waals surface area contributed by atoms with Crippen LogP contribution in [0.1, 0.15) is 49.8 Å². The summed E-state index contributed by atoms with van der Waals surface area (Å²) in [6, 6.07) is 5.55. The maximum Gasteiger partial charge on any atom is 0.272 e. The molecule has 1 N–H and O–H groups in total. The highest BCUT2D eigenvalue weighted by Gasteiger charge is 2.16. The second-order valence-electron chi connectivity index (χ2n) is 5.76. The molecule has 2 rings (SSSR count). The van der Waals surface area contributed by atoms with E-state index in [1.807, 2.05) is 19.1 Å². The summed E-state index contributed by atoms with van der Waals surface area (Å²) in [6.07, 6.45) is 4.94. The summed E-state index contributed by atoms with van der Waals surface area (Å²) in [7, 11) is 0. The van der Waals surface area contributed by atoms with Crippen molar-refractivity contribution in [1.82, 2.24) is 5.32 Å². The Morgan fingerprint density at radius 3 is 2.95 bits per heavy atom. The molecule has 116 valence electrons. The first-order chi connectivity index (χ1) is 10.1. The molecule has 1 saturated heterocycles. The lowest BCUT2D eigenvalue weighted by molar-refractivity contribution is -0.385. The number of rotatable bonds is 6. The quantitative estimate of drug-likeness (QED) is 0.643. The monoisotopic (exact) mass is 292 g/mol. The van der Waals surface area contributed by atoms with E-state index in [0.29, 0.717) is 11.7 Å². The van der Waals surface area contributed by atoms with E-state index >= 15 is 0 Å². The maximum atomic E-state index is 11.0. The van der Waals surface area contributed by atoms with Gasteiger partial charge in [-0.1, -0.05) is 12.1 Å². The van der Waals surface area contributed by atoms with Gasteiger partial charge in [-0.05, 0) is 51.6 Å². The second-order valence-corrected chi connectivity index (χ2v) is 5.76. The standard InChI is InChI=1S/C16H24N2O3/c1-12-6-7-14(11-16(12)18(19)20)13(2)17-9-8-15-5-3-4-10-21-15/h6-7,11,13,15,17H,3-5,8-10H2,1-2H3. The smallest absolute Gasteiger partial charge is 0.272 e. The highest BCUT2D eigenvalue weighted by molar-refractivity contribution is 5.43. The van der Waals surface area contributed by atoms with Gasteiger partial charge < -0.3 is 10.1 Å². The maximum absolute atomic E-state index is 11.0. The topological polar surface area (TPSA) is 64.4 Å². The van der Waals surface area contributed by atoms with Crippen molar-refractivity contribution in [3.8, 4) is 0 Å². The first-order valence-electron chi connectivity index (χ1n) is 7.68. The summed E-state index contributed by atoms with van der Waals surface area (Å²) in [5.41, 5.74) is 1.85. The number of benzene rings is 1. The fourth-order valence-corrected chi connectivity index (χ4v) is 2.71. The van der Waals surface area contributed by atoms with E-state index in [4.69, 9.17) is 4.74 Å². The van der Waals surface area contributed by atoms with Crippen molar-refractivity contribution < 1.29 is 9.66 Å². The molecule has 2 atom stereocenters. The number of aryl methyl sites for hydroxylation is 1. The highest BCUT2D eigenvalue weighted by atomic mass is 16.6. The lowest BCUT2D eigenvalue weighted by Crippen LogP contribution is -2.27. The molecule has 1 fully saturated rings. The van der Waals surface area contributed by atoms with Gasteiger partial charge in [-0.15, -0.1) is 0 Å². The van der Waals surface area contributed by atoms with Crippen LogP contribution in [0.3, 0.4) is 0 Å². The fourth-order valence-electron chi connectivity index (χ4n) is 2.71. The van der Waals surface area contributed by atoms with Crippen LogP contribution in [0.4, 0.5) is 5.69 Å². The van der Waals surface area contributed by atoms with Crippen LogP contribution in [-0.2, 0) is 4.74 Å². The predicted octanol–water partition coefficient (Wildman–Crippen LogP) is 3.51. The molecule has 0 aromatic heterocycles. The average molecular weight is 292 g/mol. The van der Waals surface area contributed by atoms with Gasteiger partial charge in [-0.3, -0.25) is 10.1 Å². The van der Waals surface area contributed by atoms with E-state index in [9.17, 15) is 10.1 Å². The van der Waals surface area contributed by atoms with Crippen molar-refractivity contribution in [2.24, 2.45) is 0 Å². The summed E-state index contributed by atoms with van der Waals surface area (Å²) < 4.78 is 5.70. The third kappa shape index (κ3) is 4.51. The molecule has 21 heavy (non-hydrogen) atoms. The van der Waals surface area contributed by atoms with E-state index in [1.165, 1.54) is 12.8 Å². The Morgan fingerprint density at radius 2 is 2.29 bits per heavy atom. The molecule has 0 amide bonds. The van der Waals surface area contributed by atoms with Gasteiger partial charge in [0, 0.05) is 24.3 Å². The summed E-state index contributed by atoms with van der Waals surface area (Å²) in [5.74, 6) is 0. The Morgan fingerprint density at radius 1 is 1.48 bits per heavy atom. The third-order valence-corrected chi connectivity index (χ3v) is 4.12. The zero-order valence-corrected chi connectivity index (χ0v) is 12.8. The number of hydrogen-bond donors (Lipinski definition) is 1. The van der Waals surface area contributed by atoms with E-state index in [2.05, 4.69) is 5.32 Å². The third-order valence-electron chi connectivity index (χ3n) is 4.12. The molecule has 1 aliphatic rings. The molecule has 0 aliphatic carbocycles. The summed E-state index contributed by atoms with van der Waals surface area (Å²) in [4.78, 5) is 10.7. The number of hydrogen-bond acceptors (Lipinski definition) is 4. The number of nitro groups is 1. The minimum absolute atomic E-state index is 0.105. The number of nitro benzene ring substituents is 1. The van der Waals surface area contributed by atoms with Gasteiger partial charge in [0.1, 0.15) is 0 Å². The molecular weight excluding hydrogens is 268 g/mol. The van der Waals surface area contributed by atoms with Gasteiger partial charge >= 0.3 is 0 Å². The zero-order valence-electron chi connectivity index (χ0n) is 12.8. The molecule has 1 aliphatic heterocycles. The van der Waals surface area contributed by atoms with E-state index < -0.39 is 0 Å². The van der Waals surface area contributed by atoms with Crippen molar-refractivity contribution in [2.75, 3.05) is 13.2 Å². The molecule has 0 saturated carbocycles. The van der Waals surface area contributed by atoms with Gasteiger partial charge in [-0.25, -0.2) is 0 Å². The molecule has 2 unspecified atom stereocenters. The normalized spacial score (nSPS) is 20.2. The molecule has 0 bridgehead atoms. The SMILES string of the molecule is Cc1ccc(C(C)NCCC2CCCCO2)cc1[N+](=O)[O-]. The molecule has 0 spiro atoms. The molecule has 0 radical (unpaired) electrons. The molecule has 5 heteroatoms. The van der Waals surface area contributed by atoms with Crippen LogP contribution in [0.2, 0.25) is 0 Å². The molecule has 1 heterocycles. The fraction of sp³-hybridized carbons (Fsp3) is 0.625. The molecular formula is C16H24N2O3. The van der Waals surface area contributed by atoms with Crippen molar-refractivity contribution >= 4 is 5.69 Å². The van der Waals surface area contributed by atoms with Crippen molar-refractivity contribution in [2.45, 2.75) is 51.7 Å². The van der Waals surface area contributed by atoms with E-state index in [-0.39, 0.29) is 16.7 Å². The number of nitrogens with one attached hydrogen (secondary N) is 1. The van der Waals surface area contributed by atoms with Crippen LogP contribution < -0.4 is 5.32 Å². The number of nitrogens with zero attached hydrogens (tertiary/aromatic N) is 1. The van der Waals surface area contributed by atoms with Crippen LogP contribution in [0.5, 0.6) is 0 Å².